The maximum absolute atomic E-state index is 12.1. The maximum Gasteiger partial charge on any atom is 0.321 e. The van der Waals surface area contributed by atoms with E-state index in [1.54, 1.807) is 4.90 Å². The second-order valence-corrected chi connectivity index (χ2v) is 5.47. The number of rotatable bonds is 3. The van der Waals surface area contributed by atoms with Gasteiger partial charge >= 0.3 is 6.03 Å². The Bertz CT molecular complexity index is 664. The summed E-state index contributed by atoms with van der Waals surface area (Å²) in [6.07, 6.45) is 0. The molecule has 0 aromatic heterocycles. The fourth-order valence-corrected chi connectivity index (χ4v) is 2.39. The number of benzene rings is 2. The second-order valence-electron chi connectivity index (χ2n) is 5.47. The Morgan fingerprint density at radius 1 is 1.09 bits per heavy atom. The highest BCUT2D eigenvalue weighted by Gasteiger charge is 2.16. The molecule has 0 spiro atoms. The van der Waals surface area contributed by atoms with Crippen LogP contribution >= 0.6 is 0 Å². The van der Waals surface area contributed by atoms with Crippen molar-refractivity contribution in [2.24, 2.45) is 0 Å². The van der Waals surface area contributed by atoms with Gasteiger partial charge in [-0.3, -0.25) is 0 Å². The predicted molar refractivity (Wildman–Crippen MR) is 89.1 cm³/mol. The van der Waals surface area contributed by atoms with E-state index in [2.05, 4.69) is 5.32 Å². The lowest BCUT2D eigenvalue weighted by molar-refractivity contribution is 0.0564. The normalized spacial score (nSPS) is 14.4. The van der Waals surface area contributed by atoms with E-state index >= 15 is 0 Å². The molecule has 0 aliphatic carbocycles. The summed E-state index contributed by atoms with van der Waals surface area (Å²) in [5.74, 6) is 1.54. The molecule has 0 atom stereocenters. The molecule has 2 amide bonds. The van der Waals surface area contributed by atoms with Gasteiger partial charge in [0.15, 0.2) is 0 Å². The van der Waals surface area contributed by atoms with E-state index in [0.29, 0.717) is 26.3 Å². The number of nitrogens with zero attached hydrogens (tertiary/aromatic N) is 1. The van der Waals surface area contributed by atoms with Gasteiger partial charge < -0.3 is 19.7 Å². The fourth-order valence-electron chi connectivity index (χ4n) is 2.39. The third kappa shape index (κ3) is 4.23. The zero-order chi connectivity index (χ0) is 16.1. The Balaban J connectivity index is 1.59. The van der Waals surface area contributed by atoms with Crippen LogP contribution in [0.25, 0.3) is 0 Å². The molecule has 0 unspecified atom stereocenters. The maximum atomic E-state index is 12.1. The Morgan fingerprint density at radius 3 is 2.52 bits per heavy atom. The third-order valence-corrected chi connectivity index (χ3v) is 3.63. The minimum Gasteiger partial charge on any atom is -0.457 e. The molecule has 1 aliphatic rings. The van der Waals surface area contributed by atoms with Crippen LogP contribution in [0.15, 0.2) is 48.5 Å². The van der Waals surface area contributed by atoms with E-state index in [4.69, 9.17) is 9.47 Å². The lowest BCUT2D eigenvalue weighted by Gasteiger charge is -2.26. The van der Waals surface area contributed by atoms with E-state index in [1.165, 1.54) is 0 Å². The molecule has 1 aliphatic heterocycles. The van der Waals surface area contributed by atoms with Crippen LogP contribution in [0.4, 0.5) is 10.5 Å². The summed E-state index contributed by atoms with van der Waals surface area (Å²) in [5.41, 5.74) is 1.90. The molecule has 0 radical (unpaired) electrons. The monoisotopic (exact) mass is 312 g/mol. The average Bonchev–Trinajstić information content (AvgIpc) is 2.57. The lowest BCUT2D eigenvalue weighted by Crippen LogP contribution is -2.43. The predicted octanol–water partition coefficient (Wildman–Crippen LogP) is 3.65. The van der Waals surface area contributed by atoms with Gasteiger partial charge in [0.2, 0.25) is 0 Å². The zero-order valence-electron chi connectivity index (χ0n) is 13.1. The van der Waals surface area contributed by atoms with Crippen molar-refractivity contribution in [2.45, 2.75) is 6.92 Å². The standard InChI is InChI=1S/C18H20N2O3/c1-14-3-2-4-17(13-14)23-16-7-5-15(6-8-16)19-18(21)20-9-11-22-12-10-20/h2-8,13H,9-12H2,1H3,(H,19,21). The zero-order valence-corrected chi connectivity index (χ0v) is 13.1. The minimum atomic E-state index is -0.0966. The van der Waals surface area contributed by atoms with Gasteiger partial charge in [-0.15, -0.1) is 0 Å². The molecule has 2 aromatic rings. The SMILES string of the molecule is Cc1cccc(Oc2ccc(NC(=O)N3CCOCC3)cc2)c1. The van der Waals surface area contributed by atoms with Gasteiger partial charge in [-0.25, -0.2) is 4.79 Å². The summed E-state index contributed by atoms with van der Waals surface area (Å²) in [7, 11) is 0. The first-order valence-electron chi connectivity index (χ1n) is 7.69. The van der Waals surface area contributed by atoms with Crippen molar-refractivity contribution in [3.63, 3.8) is 0 Å². The lowest BCUT2D eigenvalue weighted by atomic mass is 10.2. The summed E-state index contributed by atoms with van der Waals surface area (Å²) < 4.78 is 11.0. The van der Waals surface area contributed by atoms with Gasteiger partial charge in [0, 0.05) is 18.8 Å². The molecule has 1 heterocycles. The largest absolute Gasteiger partial charge is 0.457 e. The number of carbonyl (C=O) groups is 1. The van der Waals surface area contributed by atoms with Gasteiger partial charge in [-0.05, 0) is 48.9 Å². The van der Waals surface area contributed by atoms with Crippen molar-refractivity contribution >= 4 is 11.7 Å². The van der Waals surface area contributed by atoms with E-state index in [0.717, 1.165) is 22.7 Å². The molecule has 2 aromatic carbocycles. The Hall–Kier alpha value is -2.53. The first-order valence-corrected chi connectivity index (χ1v) is 7.69. The summed E-state index contributed by atoms with van der Waals surface area (Å²) >= 11 is 0. The number of aryl methyl sites for hydroxylation is 1. The molecule has 1 N–H and O–H groups in total. The van der Waals surface area contributed by atoms with Gasteiger partial charge in [0.05, 0.1) is 13.2 Å². The van der Waals surface area contributed by atoms with Crippen molar-refractivity contribution in [3.8, 4) is 11.5 Å². The molecule has 0 bridgehead atoms. The van der Waals surface area contributed by atoms with Crippen LogP contribution in [-0.2, 0) is 4.74 Å². The van der Waals surface area contributed by atoms with Crippen LogP contribution in [0.3, 0.4) is 0 Å². The molecule has 1 saturated heterocycles. The number of ether oxygens (including phenoxy) is 2. The van der Waals surface area contributed by atoms with E-state index < -0.39 is 0 Å². The molecule has 120 valence electrons. The smallest absolute Gasteiger partial charge is 0.321 e. The molecule has 5 nitrogen and oxygen atoms in total. The van der Waals surface area contributed by atoms with E-state index in [9.17, 15) is 4.79 Å². The van der Waals surface area contributed by atoms with Crippen molar-refractivity contribution in [1.29, 1.82) is 0 Å². The number of morpholine rings is 1. The van der Waals surface area contributed by atoms with Crippen LogP contribution in [0, 0.1) is 6.92 Å². The highest BCUT2D eigenvalue weighted by atomic mass is 16.5. The summed E-state index contributed by atoms with van der Waals surface area (Å²) in [4.78, 5) is 13.9. The fraction of sp³-hybridized carbons (Fsp3) is 0.278. The minimum absolute atomic E-state index is 0.0966. The molecule has 3 rings (SSSR count). The summed E-state index contributed by atoms with van der Waals surface area (Å²) in [6.45, 7) is 4.46. The van der Waals surface area contributed by atoms with Gasteiger partial charge in [0.1, 0.15) is 11.5 Å². The summed E-state index contributed by atoms with van der Waals surface area (Å²) in [6, 6.07) is 15.1. The van der Waals surface area contributed by atoms with E-state index in [-0.39, 0.29) is 6.03 Å². The van der Waals surface area contributed by atoms with Crippen LogP contribution in [0.5, 0.6) is 11.5 Å². The number of carbonyl (C=O) groups excluding carboxylic acids is 1. The second kappa shape index (κ2) is 7.15. The van der Waals surface area contributed by atoms with Crippen molar-refractivity contribution in [1.82, 2.24) is 4.90 Å². The number of anilines is 1. The first-order chi connectivity index (χ1) is 11.2. The number of urea groups is 1. The molecule has 5 heteroatoms. The number of nitrogens with one attached hydrogen (secondary N) is 1. The van der Waals surface area contributed by atoms with Crippen LogP contribution in [-0.4, -0.2) is 37.2 Å². The van der Waals surface area contributed by atoms with Gasteiger partial charge in [-0.1, -0.05) is 12.1 Å². The Kier molecular flexibility index (Phi) is 4.78. The number of hydrogen-bond acceptors (Lipinski definition) is 3. The van der Waals surface area contributed by atoms with Crippen LogP contribution < -0.4 is 10.1 Å². The number of amides is 2. The third-order valence-electron chi connectivity index (χ3n) is 3.63. The Morgan fingerprint density at radius 2 is 1.83 bits per heavy atom. The molecular formula is C18H20N2O3. The molecular weight excluding hydrogens is 292 g/mol. The van der Waals surface area contributed by atoms with Crippen molar-refractivity contribution in [2.75, 3.05) is 31.6 Å². The number of hydrogen-bond donors (Lipinski definition) is 1. The Labute approximate surface area is 135 Å². The van der Waals surface area contributed by atoms with Crippen LogP contribution in [0.2, 0.25) is 0 Å². The van der Waals surface area contributed by atoms with Crippen molar-refractivity contribution < 1.29 is 14.3 Å². The topological polar surface area (TPSA) is 50.8 Å². The molecule has 0 saturated carbocycles. The first kappa shape index (κ1) is 15.4. The van der Waals surface area contributed by atoms with Gasteiger partial charge in [0.25, 0.3) is 0 Å². The van der Waals surface area contributed by atoms with E-state index in [1.807, 2.05) is 55.5 Å². The van der Waals surface area contributed by atoms with Gasteiger partial charge in [-0.2, -0.15) is 0 Å². The highest BCUT2D eigenvalue weighted by Crippen LogP contribution is 2.23. The molecule has 23 heavy (non-hydrogen) atoms. The van der Waals surface area contributed by atoms with Crippen molar-refractivity contribution in [3.05, 3.63) is 54.1 Å². The average molecular weight is 312 g/mol. The molecule has 1 fully saturated rings. The van der Waals surface area contributed by atoms with Crippen LogP contribution in [0.1, 0.15) is 5.56 Å². The summed E-state index contributed by atoms with van der Waals surface area (Å²) in [5, 5.41) is 2.89. The highest BCUT2D eigenvalue weighted by molar-refractivity contribution is 5.89. The quantitative estimate of drug-likeness (QED) is 0.941.